The Morgan fingerprint density at radius 1 is 1.18 bits per heavy atom. The van der Waals surface area contributed by atoms with Crippen LogP contribution in [0.2, 0.25) is 0 Å². The number of benzene rings is 1. The van der Waals surface area contributed by atoms with Crippen LogP contribution in [0.4, 0.5) is 0 Å². The first-order valence-corrected chi connectivity index (χ1v) is 6.04. The van der Waals surface area contributed by atoms with Crippen LogP contribution in [0.1, 0.15) is 42.3 Å². The monoisotopic (exact) mass is 236 g/mol. The number of rotatable bonds is 5. The first-order valence-electron chi connectivity index (χ1n) is 6.04. The summed E-state index contributed by atoms with van der Waals surface area (Å²) in [7, 11) is 1.39. The topological polar surface area (TPSA) is 35.5 Å². The fraction of sp³-hybridized carbons (Fsp3) is 0.500. The number of aryl methyl sites for hydroxylation is 2. The summed E-state index contributed by atoms with van der Waals surface area (Å²) in [6.07, 6.45) is 1.73. The van der Waals surface area contributed by atoms with Crippen LogP contribution >= 0.6 is 0 Å². The Bertz CT molecular complexity index is 397. The molecule has 17 heavy (non-hydrogen) atoms. The Labute approximate surface area is 103 Å². The van der Waals surface area contributed by atoms with Gasteiger partial charge in [0.1, 0.15) is 11.3 Å². The molecular formula is C14H20O3. The molecule has 3 nitrogen and oxygen atoms in total. The highest BCUT2D eigenvalue weighted by Crippen LogP contribution is 2.27. The van der Waals surface area contributed by atoms with Crippen molar-refractivity contribution in [3.8, 4) is 5.75 Å². The van der Waals surface area contributed by atoms with E-state index in [1.165, 1.54) is 7.11 Å². The van der Waals surface area contributed by atoms with Gasteiger partial charge in [0.05, 0.1) is 13.7 Å². The highest BCUT2D eigenvalue weighted by molar-refractivity contribution is 5.93. The van der Waals surface area contributed by atoms with E-state index < -0.39 is 0 Å². The van der Waals surface area contributed by atoms with Gasteiger partial charge in [0.2, 0.25) is 0 Å². The fourth-order valence-electron chi connectivity index (χ4n) is 1.80. The van der Waals surface area contributed by atoms with Gasteiger partial charge in [-0.3, -0.25) is 0 Å². The Morgan fingerprint density at radius 3 is 2.35 bits per heavy atom. The van der Waals surface area contributed by atoms with E-state index >= 15 is 0 Å². The number of ether oxygens (including phenoxy) is 2. The van der Waals surface area contributed by atoms with Gasteiger partial charge in [-0.2, -0.15) is 0 Å². The lowest BCUT2D eigenvalue weighted by molar-refractivity contribution is 0.0596. The van der Waals surface area contributed by atoms with Crippen LogP contribution in [0, 0.1) is 0 Å². The van der Waals surface area contributed by atoms with Crippen LogP contribution in [0.5, 0.6) is 5.75 Å². The Balaban J connectivity index is 3.34. The number of esters is 1. The van der Waals surface area contributed by atoms with Gasteiger partial charge >= 0.3 is 5.97 Å². The molecule has 0 bridgehead atoms. The maximum atomic E-state index is 11.7. The lowest BCUT2D eigenvalue weighted by Crippen LogP contribution is -2.09. The largest absolute Gasteiger partial charge is 0.493 e. The molecule has 0 saturated carbocycles. The SMILES string of the molecule is CCOc1c(CC)cc(CC)cc1C(=O)OC. The molecular weight excluding hydrogens is 216 g/mol. The number of methoxy groups -OCH3 is 1. The molecule has 0 fully saturated rings. The summed E-state index contributed by atoms with van der Waals surface area (Å²) in [6, 6.07) is 3.95. The van der Waals surface area contributed by atoms with E-state index in [4.69, 9.17) is 9.47 Å². The van der Waals surface area contributed by atoms with Crippen LogP contribution < -0.4 is 4.74 Å². The summed E-state index contributed by atoms with van der Waals surface area (Å²) < 4.78 is 10.4. The van der Waals surface area contributed by atoms with Gasteiger partial charge in [0, 0.05) is 0 Å². The zero-order valence-electron chi connectivity index (χ0n) is 11.0. The van der Waals surface area contributed by atoms with Crippen molar-refractivity contribution in [2.45, 2.75) is 33.6 Å². The second kappa shape index (κ2) is 6.28. The first-order chi connectivity index (χ1) is 8.17. The normalized spacial score (nSPS) is 10.1. The maximum absolute atomic E-state index is 11.7. The van der Waals surface area contributed by atoms with Crippen molar-refractivity contribution in [1.82, 2.24) is 0 Å². The van der Waals surface area contributed by atoms with Crippen LogP contribution in [0.3, 0.4) is 0 Å². The zero-order chi connectivity index (χ0) is 12.8. The summed E-state index contributed by atoms with van der Waals surface area (Å²) >= 11 is 0. The van der Waals surface area contributed by atoms with Crippen molar-refractivity contribution < 1.29 is 14.3 Å². The van der Waals surface area contributed by atoms with Crippen molar-refractivity contribution in [3.63, 3.8) is 0 Å². The molecule has 0 amide bonds. The molecule has 1 rings (SSSR count). The molecule has 0 unspecified atom stereocenters. The Hall–Kier alpha value is -1.51. The molecule has 0 N–H and O–H groups in total. The van der Waals surface area contributed by atoms with E-state index in [0.29, 0.717) is 17.9 Å². The van der Waals surface area contributed by atoms with Crippen molar-refractivity contribution in [2.24, 2.45) is 0 Å². The minimum atomic E-state index is -0.335. The van der Waals surface area contributed by atoms with Gasteiger partial charge in [-0.15, -0.1) is 0 Å². The molecule has 1 aromatic carbocycles. The third-order valence-electron chi connectivity index (χ3n) is 2.71. The summed E-state index contributed by atoms with van der Waals surface area (Å²) in [5, 5.41) is 0. The van der Waals surface area contributed by atoms with E-state index in [1.54, 1.807) is 0 Å². The minimum Gasteiger partial charge on any atom is -0.493 e. The Kier molecular flexibility index (Phi) is 5.01. The van der Waals surface area contributed by atoms with Crippen LogP contribution in [0.15, 0.2) is 12.1 Å². The molecule has 1 aromatic rings. The highest BCUT2D eigenvalue weighted by Gasteiger charge is 2.17. The summed E-state index contributed by atoms with van der Waals surface area (Å²) in [5.41, 5.74) is 2.72. The van der Waals surface area contributed by atoms with Crippen molar-refractivity contribution in [3.05, 3.63) is 28.8 Å². The van der Waals surface area contributed by atoms with Gasteiger partial charge < -0.3 is 9.47 Å². The number of hydrogen-bond acceptors (Lipinski definition) is 3. The highest BCUT2D eigenvalue weighted by atomic mass is 16.5. The standard InChI is InChI=1S/C14H20O3/c1-5-10-8-11(6-2)13(17-7-3)12(9-10)14(15)16-4/h8-9H,5-7H2,1-4H3. The summed E-state index contributed by atoms with van der Waals surface area (Å²) in [6.45, 7) is 6.57. The molecule has 0 aliphatic heterocycles. The molecule has 0 radical (unpaired) electrons. The van der Waals surface area contributed by atoms with Gasteiger partial charge in [-0.05, 0) is 37.0 Å². The quantitative estimate of drug-likeness (QED) is 0.737. The fourth-order valence-corrected chi connectivity index (χ4v) is 1.80. The lowest BCUT2D eigenvalue weighted by Gasteiger charge is -2.14. The van der Waals surface area contributed by atoms with Crippen LogP contribution in [-0.4, -0.2) is 19.7 Å². The van der Waals surface area contributed by atoms with Gasteiger partial charge in [-0.25, -0.2) is 4.79 Å². The predicted molar refractivity (Wildman–Crippen MR) is 67.7 cm³/mol. The minimum absolute atomic E-state index is 0.335. The maximum Gasteiger partial charge on any atom is 0.341 e. The van der Waals surface area contributed by atoms with E-state index in [1.807, 2.05) is 13.0 Å². The van der Waals surface area contributed by atoms with Crippen molar-refractivity contribution >= 4 is 5.97 Å². The van der Waals surface area contributed by atoms with E-state index in [-0.39, 0.29) is 5.97 Å². The predicted octanol–water partition coefficient (Wildman–Crippen LogP) is 3.00. The number of carbonyl (C=O) groups excluding carboxylic acids is 1. The third-order valence-corrected chi connectivity index (χ3v) is 2.71. The van der Waals surface area contributed by atoms with Gasteiger partial charge in [-0.1, -0.05) is 19.9 Å². The molecule has 0 aromatic heterocycles. The second-order valence-corrected chi connectivity index (χ2v) is 3.76. The molecule has 0 aliphatic rings. The summed E-state index contributed by atoms with van der Waals surface area (Å²) in [5.74, 6) is 0.331. The first kappa shape index (κ1) is 13.6. The Morgan fingerprint density at radius 2 is 1.88 bits per heavy atom. The average molecular weight is 236 g/mol. The van der Waals surface area contributed by atoms with Crippen LogP contribution in [0.25, 0.3) is 0 Å². The molecule has 94 valence electrons. The molecule has 0 atom stereocenters. The van der Waals surface area contributed by atoms with Crippen molar-refractivity contribution in [2.75, 3.05) is 13.7 Å². The molecule has 3 heteroatoms. The van der Waals surface area contributed by atoms with Gasteiger partial charge in [0.25, 0.3) is 0 Å². The molecule has 0 heterocycles. The van der Waals surface area contributed by atoms with Crippen LogP contribution in [-0.2, 0) is 17.6 Å². The van der Waals surface area contributed by atoms with Gasteiger partial charge in [0.15, 0.2) is 0 Å². The van der Waals surface area contributed by atoms with E-state index in [0.717, 1.165) is 24.0 Å². The molecule has 0 spiro atoms. The lowest BCUT2D eigenvalue weighted by atomic mass is 10.0. The second-order valence-electron chi connectivity index (χ2n) is 3.76. The van der Waals surface area contributed by atoms with E-state index in [9.17, 15) is 4.79 Å². The van der Waals surface area contributed by atoms with E-state index in [2.05, 4.69) is 19.9 Å². The summed E-state index contributed by atoms with van der Waals surface area (Å²) in [4.78, 5) is 11.7. The molecule has 0 aliphatic carbocycles. The average Bonchev–Trinajstić information content (AvgIpc) is 2.38. The molecule has 0 saturated heterocycles. The third kappa shape index (κ3) is 2.99. The number of hydrogen-bond donors (Lipinski definition) is 0. The zero-order valence-corrected chi connectivity index (χ0v) is 11.0. The smallest absolute Gasteiger partial charge is 0.341 e. The number of carbonyl (C=O) groups is 1. The van der Waals surface area contributed by atoms with Crippen molar-refractivity contribution in [1.29, 1.82) is 0 Å².